The summed E-state index contributed by atoms with van der Waals surface area (Å²) in [6.07, 6.45) is 1.05. The van der Waals surface area contributed by atoms with Gasteiger partial charge in [-0.1, -0.05) is 0 Å². The minimum absolute atomic E-state index is 0.0355. The molecule has 1 fully saturated rings. The van der Waals surface area contributed by atoms with Crippen LogP contribution in [0.15, 0.2) is 27.8 Å². The third kappa shape index (κ3) is 4.36. The number of esters is 1. The molecule has 1 aromatic rings. The molecule has 11 heteroatoms. The van der Waals surface area contributed by atoms with E-state index in [1.54, 1.807) is 18.5 Å². The molecule has 0 bridgehead atoms. The zero-order valence-electron chi connectivity index (χ0n) is 15.5. The van der Waals surface area contributed by atoms with E-state index in [0.29, 0.717) is 16.5 Å². The van der Waals surface area contributed by atoms with Crippen molar-refractivity contribution >= 4 is 29.0 Å². The molecule has 1 aromatic heterocycles. The highest BCUT2D eigenvalue weighted by Gasteiger charge is 2.48. The van der Waals surface area contributed by atoms with Crippen molar-refractivity contribution in [1.82, 2.24) is 20.5 Å². The number of aliphatic imine (C=N–C) groups is 1. The lowest BCUT2D eigenvalue weighted by Crippen LogP contribution is -2.45. The van der Waals surface area contributed by atoms with Gasteiger partial charge in [-0.2, -0.15) is 0 Å². The summed E-state index contributed by atoms with van der Waals surface area (Å²) in [4.78, 5) is 34.3. The fourth-order valence-corrected chi connectivity index (χ4v) is 3.79. The molecule has 2 aliphatic heterocycles. The van der Waals surface area contributed by atoms with Gasteiger partial charge in [0, 0.05) is 37.3 Å². The average Bonchev–Trinajstić information content (AvgIpc) is 3.29. The molecule has 0 radical (unpaired) electrons. The largest absolute Gasteiger partial charge is 0.463 e. The molecule has 2 aliphatic rings. The van der Waals surface area contributed by atoms with Gasteiger partial charge in [-0.25, -0.2) is 18.6 Å². The monoisotopic (exact) mass is 413 g/mol. The topological polar surface area (TPSA) is 95.9 Å². The van der Waals surface area contributed by atoms with Gasteiger partial charge < -0.3 is 15.4 Å². The average molecular weight is 413 g/mol. The Kier molecular flexibility index (Phi) is 6.04. The second-order valence-electron chi connectivity index (χ2n) is 6.40. The van der Waals surface area contributed by atoms with Gasteiger partial charge >= 0.3 is 5.97 Å². The molecule has 3 rings (SSSR count). The van der Waals surface area contributed by atoms with Crippen molar-refractivity contribution < 1.29 is 23.1 Å². The molecule has 0 spiro atoms. The van der Waals surface area contributed by atoms with E-state index in [4.69, 9.17) is 4.74 Å². The molecule has 1 atom stereocenters. The summed E-state index contributed by atoms with van der Waals surface area (Å²) in [7, 11) is 1.41. The molecular formula is C17H21F2N5O3S. The number of likely N-dealkylation sites (tertiary alicyclic amines) is 1. The minimum atomic E-state index is -2.98. The van der Waals surface area contributed by atoms with Gasteiger partial charge in [-0.15, -0.1) is 11.3 Å². The fourth-order valence-electron chi connectivity index (χ4n) is 3.19. The van der Waals surface area contributed by atoms with E-state index in [1.807, 2.05) is 0 Å². The summed E-state index contributed by atoms with van der Waals surface area (Å²) in [5, 5.41) is 7.86. The van der Waals surface area contributed by atoms with Crippen molar-refractivity contribution in [3.8, 4) is 0 Å². The van der Waals surface area contributed by atoms with Gasteiger partial charge in [0.05, 0.1) is 31.3 Å². The smallest absolute Gasteiger partial charge is 0.337 e. The number of carbonyl (C=O) groups excluding carboxylic acids is 2. The van der Waals surface area contributed by atoms with E-state index in [0.717, 1.165) is 0 Å². The highest BCUT2D eigenvalue weighted by molar-refractivity contribution is 7.11. The van der Waals surface area contributed by atoms with Gasteiger partial charge in [0.15, 0.2) is 10.8 Å². The number of nitrogens with zero attached hydrogens (tertiary/aromatic N) is 3. The maximum Gasteiger partial charge on any atom is 0.337 e. The Hall–Kier alpha value is -2.40. The third-order valence-corrected chi connectivity index (χ3v) is 5.24. The van der Waals surface area contributed by atoms with Crippen molar-refractivity contribution in [2.75, 3.05) is 33.3 Å². The van der Waals surface area contributed by atoms with Crippen LogP contribution in [-0.4, -0.2) is 72.8 Å². The summed E-state index contributed by atoms with van der Waals surface area (Å²) < 4.78 is 33.1. The standard InChI is InChI=1S/C17H21F2N5O3S/c1-3-27-16(26)10-7-22-13(15-21-4-5-28-15)23-11(10)8-24-9-17(18,19)6-12(24)14(25)20-2/h4-5,12H,3,6-9H2,1-2H3,(H,20,25)(H,22,23). The van der Waals surface area contributed by atoms with Crippen LogP contribution in [0.2, 0.25) is 0 Å². The Morgan fingerprint density at radius 1 is 1.50 bits per heavy atom. The van der Waals surface area contributed by atoms with Gasteiger partial charge in [0.1, 0.15) is 0 Å². The number of rotatable bonds is 6. The van der Waals surface area contributed by atoms with E-state index in [2.05, 4.69) is 20.6 Å². The maximum absolute atomic E-state index is 14.0. The first kappa shape index (κ1) is 20.3. The predicted octanol–water partition coefficient (Wildman–Crippen LogP) is 0.766. The van der Waals surface area contributed by atoms with Crippen LogP contribution in [0.1, 0.15) is 18.4 Å². The van der Waals surface area contributed by atoms with E-state index in [-0.39, 0.29) is 25.3 Å². The van der Waals surface area contributed by atoms with Crippen LogP contribution in [0.4, 0.5) is 8.78 Å². The van der Waals surface area contributed by atoms with E-state index in [1.165, 1.54) is 23.3 Å². The molecular weight excluding hydrogens is 392 g/mol. The van der Waals surface area contributed by atoms with Gasteiger partial charge in [-0.05, 0) is 6.92 Å². The summed E-state index contributed by atoms with van der Waals surface area (Å²) in [5.74, 6) is -3.57. The number of ether oxygens (including phenoxy) is 1. The van der Waals surface area contributed by atoms with Crippen molar-refractivity contribution in [2.45, 2.75) is 25.3 Å². The van der Waals surface area contributed by atoms with Crippen LogP contribution in [0, 0.1) is 0 Å². The number of alkyl halides is 2. The molecule has 1 saturated heterocycles. The molecule has 28 heavy (non-hydrogen) atoms. The normalized spacial score (nSPS) is 21.9. The van der Waals surface area contributed by atoms with Crippen LogP contribution >= 0.6 is 11.3 Å². The first-order chi connectivity index (χ1) is 13.3. The molecule has 0 aliphatic carbocycles. The van der Waals surface area contributed by atoms with Crippen LogP contribution in [0.3, 0.4) is 0 Å². The zero-order chi connectivity index (χ0) is 20.3. The van der Waals surface area contributed by atoms with E-state index < -0.39 is 36.8 Å². The van der Waals surface area contributed by atoms with E-state index >= 15 is 0 Å². The Morgan fingerprint density at radius 2 is 2.29 bits per heavy atom. The first-order valence-corrected chi connectivity index (χ1v) is 9.66. The van der Waals surface area contributed by atoms with Crippen molar-refractivity contribution in [1.29, 1.82) is 0 Å². The number of amides is 1. The number of hydrogen-bond donors (Lipinski definition) is 2. The number of thiazole rings is 1. The molecule has 8 nitrogen and oxygen atoms in total. The first-order valence-electron chi connectivity index (χ1n) is 8.78. The lowest BCUT2D eigenvalue weighted by Gasteiger charge is -2.27. The molecule has 0 saturated carbocycles. The zero-order valence-corrected chi connectivity index (χ0v) is 16.3. The highest BCUT2D eigenvalue weighted by atomic mass is 32.1. The number of amidine groups is 1. The predicted molar refractivity (Wildman–Crippen MR) is 99.3 cm³/mol. The summed E-state index contributed by atoms with van der Waals surface area (Å²) in [6, 6.07) is -0.986. The number of nitrogens with one attached hydrogen (secondary N) is 2. The Bertz CT molecular complexity index is 810. The summed E-state index contributed by atoms with van der Waals surface area (Å²) in [6.45, 7) is 1.30. The lowest BCUT2D eigenvalue weighted by molar-refractivity contribution is -0.138. The minimum Gasteiger partial charge on any atom is -0.463 e. The fraction of sp³-hybridized carbons (Fsp3) is 0.529. The van der Waals surface area contributed by atoms with Gasteiger partial charge in [0.25, 0.3) is 5.92 Å². The van der Waals surface area contributed by atoms with Crippen LogP contribution in [-0.2, 0) is 14.3 Å². The van der Waals surface area contributed by atoms with Crippen LogP contribution < -0.4 is 10.6 Å². The number of carbonyl (C=O) groups is 2. The SMILES string of the molecule is CCOC(=O)C1=C(CN2CC(F)(F)CC2C(=O)NC)NC(c2nccs2)=NC1. The molecule has 1 unspecified atom stereocenters. The Balaban J connectivity index is 1.87. The van der Waals surface area contributed by atoms with E-state index in [9.17, 15) is 18.4 Å². The third-order valence-electron chi connectivity index (χ3n) is 4.46. The summed E-state index contributed by atoms with van der Waals surface area (Å²) >= 11 is 1.36. The second kappa shape index (κ2) is 8.31. The summed E-state index contributed by atoms with van der Waals surface area (Å²) in [5.41, 5.74) is 0.651. The van der Waals surface area contributed by atoms with Crippen molar-refractivity contribution in [2.24, 2.45) is 4.99 Å². The Morgan fingerprint density at radius 3 is 2.93 bits per heavy atom. The van der Waals surface area contributed by atoms with Crippen molar-refractivity contribution in [3.05, 3.63) is 27.9 Å². The second-order valence-corrected chi connectivity index (χ2v) is 7.29. The highest BCUT2D eigenvalue weighted by Crippen LogP contribution is 2.33. The van der Waals surface area contributed by atoms with Gasteiger partial charge in [-0.3, -0.25) is 14.7 Å². The quantitative estimate of drug-likeness (QED) is 0.669. The Labute approximate surface area is 164 Å². The van der Waals surface area contributed by atoms with Crippen molar-refractivity contribution in [3.63, 3.8) is 0 Å². The molecule has 152 valence electrons. The molecule has 0 aromatic carbocycles. The number of hydrogen-bond acceptors (Lipinski definition) is 8. The molecule has 3 heterocycles. The lowest BCUT2D eigenvalue weighted by atomic mass is 10.1. The number of aromatic nitrogens is 1. The van der Waals surface area contributed by atoms with Crippen LogP contribution in [0.25, 0.3) is 0 Å². The number of likely N-dealkylation sites (N-methyl/N-ethyl adjacent to an activating group) is 1. The van der Waals surface area contributed by atoms with Crippen LogP contribution in [0.5, 0.6) is 0 Å². The molecule has 2 N–H and O–H groups in total. The molecule has 1 amide bonds. The van der Waals surface area contributed by atoms with Gasteiger partial charge in [0.2, 0.25) is 5.91 Å². The number of halogens is 2. The maximum atomic E-state index is 14.0.